The van der Waals surface area contributed by atoms with Gasteiger partial charge in [-0.25, -0.2) is 5.84 Å². The smallest absolute Gasteiger partial charge is 0.0863 e. The number of nitrogens with zero attached hydrogens (tertiary/aromatic N) is 2. The molecule has 13 heavy (non-hydrogen) atoms. The van der Waals surface area contributed by atoms with Crippen molar-refractivity contribution in [2.24, 2.45) is 5.84 Å². The van der Waals surface area contributed by atoms with E-state index in [9.17, 15) is 0 Å². The molecule has 4 heteroatoms. The molecule has 1 aliphatic rings. The maximum Gasteiger partial charge on any atom is 0.0863 e. The van der Waals surface area contributed by atoms with Crippen LogP contribution < -0.4 is 5.84 Å². The minimum Gasteiger partial charge on any atom is -0.300 e. The lowest BCUT2D eigenvalue weighted by Crippen LogP contribution is -2.49. The lowest BCUT2D eigenvalue weighted by molar-refractivity contribution is 0.115. The van der Waals surface area contributed by atoms with Gasteiger partial charge < -0.3 is 5.01 Å². The zero-order chi connectivity index (χ0) is 10.0. The first-order chi connectivity index (χ1) is 6.06. The molecule has 76 valence electrons. The average molecular weight is 248 g/mol. The summed E-state index contributed by atoms with van der Waals surface area (Å²) in [6.07, 6.45) is 1.16. The number of nitrogens with two attached hydrogens (primary N) is 1. The summed E-state index contributed by atoms with van der Waals surface area (Å²) in [6, 6.07) is 0.590. The fourth-order valence-electron chi connectivity index (χ4n) is 1.35. The van der Waals surface area contributed by atoms with Gasteiger partial charge >= 0.3 is 0 Å². The topological polar surface area (TPSA) is 32.5 Å². The Morgan fingerprint density at radius 3 is 2.69 bits per heavy atom. The highest BCUT2D eigenvalue weighted by Crippen LogP contribution is 2.22. The molecular weight excluding hydrogens is 230 g/mol. The van der Waals surface area contributed by atoms with Crippen LogP contribution in [0.15, 0.2) is 10.2 Å². The second-order valence-electron chi connectivity index (χ2n) is 3.61. The Labute approximate surface area is 88.7 Å². The maximum absolute atomic E-state index is 5.86. The molecule has 0 bridgehead atoms. The fraction of sp³-hybridized carbons (Fsp3) is 0.778. The van der Waals surface area contributed by atoms with Crippen LogP contribution in [0.1, 0.15) is 27.2 Å². The molecule has 1 unspecified atom stereocenters. The van der Waals surface area contributed by atoms with Crippen molar-refractivity contribution < 1.29 is 0 Å². The number of hydrogen-bond acceptors (Lipinski definition) is 3. The van der Waals surface area contributed by atoms with Crippen molar-refractivity contribution in [3.05, 3.63) is 10.2 Å². The van der Waals surface area contributed by atoms with Crippen LogP contribution in [-0.4, -0.2) is 29.2 Å². The minimum absolute atomic E-state index is 0.590. The molecule has 0 aromatic rings. The second kappa shape index (κ2) is 4.44. The Balaban J connectivity index is 2.68. The molecule has 1 rings (SSSR count). The molecule has 0 amide bonds. The molecule has 0 saturated carbocycles. The lowest BCUT2D eigenvalue weighted by Gasteiger charge is -2.37. The molecule has 0 saturated heterocycles. The molecule has 0 spiro atoms. The van der Waals surface area contributed by atoms with Crippen LogP contribution in [0.4, 0.5) is 0 Å². The van der Waals surface area contributed by atoms with Crippen molar-refractivity contribution >= 4 is 15.9 Å². The van der Waals surface area contributed by atoms with E-state index in [2.05, 4.69) is 34.7 Å². The molecule has 0 fully saturated rings. The third kappa shape index (κ3) is 2.45. The van der Waals surface area contributed by atoms with Gasteiger partial charge in [0.2, 0.25) is 0 Å². The number of rotatable bonds is 2. The van der Waals surface area contributed by atoms with E-state index in [1.807, 2.05) is 6.92 Å². The Morgan fingerprint density at radius 1 is 1.62 bits per heavy atom. The van der Waals surface area contributed by atoms with Crippen LogP contribution in [0.25, 0.3) is 0 Å². The summed E-state index contributed by atoms with van der Waals surface area (Å²) in [5.41, 5.74) is 1.14. The van der Waals surface area contributed by atoms with Gasteiger partial charge in [0.1, 0.15) is 0 Å². The SMILES string of the molecule is CCC(C)N1CC(Br)=C(C)N(N)C1. The van der Waals surface area contributed by atoms with Gasteiger partial charge in [-0.2, -0.15) is 0 Å². The summed E-state index contributed by atoms with van der Waals surface area (Å²) in [5.74, 6) is 5.86. The summed E-state index contributed by atoms with van der Waals surface area (Å²) >= 11 is 3.55. The second-order valence-corrected chi connectivity index (χ2v) is 4.56. The molecule has 0 aromatic heterocycles. The average Bonchev–Trinajstić information content (AvgIpc) is 2.12. The molecule has 2 N–H and O–H groups in total. The summed E-state index contributed by atoms with van der Waals surface area (Å²) < 4.78 is 1.20. The Morgan fingerprint density at radius 2 is 2.23 bits per heavy atom. The van der Waals surface area contributed by atoms with Crippen molar-refractivity contribution in [3.8, 4) is 0 Å². The standard InChI is InChI=1S/C9H18BrN3/c1-4-7(2)12-5-9(10)8(3)13(11)6-12/h7H,4-6,11H2,1-3H3. The fourth-order valence-corrected chi connectivity index (χ4v) is 1.90. The summed E-state index contributed by atoms with van der Waals surface area (Å²) in [5, 5.41) is 1.79. The number of hydrogen-bond donors (Lipinski definition) is 1. The molecule has 0 aromatic carbocycles. The van der Waals surface area contributed by atoms with Gasteiger partial charge in [0.05, 0.1) is 6.67 Å². The van der Waals surface area contributed by atoms with Gasteiger partial charge in [-0.3, -0.25) is 4.90 Å². The molecule has 0 aliphatic carbocycles. The van der Waals surface area contributed by atoms with Gasteiger partial charge in [0.25, 0.3) is 0 Å². The van der Waals surface area contributed by atoms with Gasteiger partial charge in [0.15, 0.2) is 0 Å². The van der Waals surface area contributed by atoms with E-state index in [0.29, 0.717) is 6.04 Å². The quantitative estimate of drug-likeness (QED) is 0.757. The van der Waals surface area contributed by atoms with Crippen LogP contribution in [-0.2, 0) is 0 Å². The first kappa shape index (κ1) is 11.0. The van der Waals surface area contributed by atoms with Crippen LogP contribution in [0.3, 0.4) is 0 Å². The molecule has 1 atom stereocenters. The van der Waals surface area contributed by atoms with Gasteiger partial charge in [-0.05, 0) is 20.3 Å². The van der Waals surface area contributed by atoms with E-state index in [4.69, 9.17) is 5.84 Å². The van der Waals surface area contributed by atoms with Crippen LogP contribution in [0.2, 0.25) is 0 Å². The summed E-state index contributed by atoms with van der Waals surface area (Å²) in [6.45, 7) is 8.28. The van der Waals surface area contributed by atoms with E-state index in [1.165, 1.54) is 4.48 Å². The van der Waals surface area contributed by atoms with E-state index in [-0.39, 0.29) is 0 Å². The van der Waals surface area contributed by atoms with Gasteiger partial charge in [-0.15, -0.1) is 0 Å². The third-order valence-electron chi connectivity index (χ3n) is 2.71. The minimum atomic E-state index is 0.590. The van der Waals surface area contributed by atoms with Crippen molar-refractivity contribution in [2.45, 2.75) is 33.2 Å². The molecule has 0 radical (unpaired) electrons. The zero-order valence-corrected chi connectivity index (χ0v) is 10.1. The first-order valence-corrected chi connectivity index (χ1v) is 5.47. The van der Waals surface area contributed by atoms with Gasteiger partial charge in [0, 0.05) is 22.8 Å². The Hall–Kier alpha value is -0.0600. The van der Waals surface area contributed by atoms with E-state index in [0.717, 1.165) is 25.3 Å². The predicted octanol–water partition coefficient (Wildman–Crippen LogP) is 1.86. The maximum atomic E-state index is 5.86. The van der Waals surface area contributed by atoms with Crippen LogP contribution in [0, 0.1) is 0 Å². The number of halogens is 1. The number of allylic oxidation sites excluding steroid dienone is 1. The Kier molecular flexibility index (Phi) is 3.76. The number of hydrazine groups is 1. The Bertz CT molecular complexity index is 215. The van der Waals surface area contributed by atoms with E-state index < -0.39 is 0 Å². The molecular formula is C9H18BrN3. The molecule has 1 aliphatic heterocycles. The normalized spacial score (nSPS) is 22.4. The highest BCUT2D eigenvalue weighted by atomic mass is 79.9. The van der Waals surface area contributed by atoms with Gasteiger partial charge in [-0.1, -0.05) is 22.9 Å². The van der Waals surface area contributed by atoms with E-state index >= 15 is 0 Å². The first-order valence-electron chi connectivity index (χ1n) is 4.67. The van der Waals surface area contributed by atoms with Crippen LogP contribution >= 0.6 is 15.9 Å². The van der Waals surface area contributed by atoms with Crippen molar-refractivity contribution in [1.29, 1.82) is 0 Å². The monoisotopic (exact) mass is 247 g/mol. The predicted molar refractivity (Wildman–Crippen MR) is 59.0 cm³/mol. The molecule has 1 heterocycles. The summed E-state index contributed by atoms with van der Waals surface area (Å²) in [4.78, 5) is 2.36. The largest absolute Gasteiger partial charge is 0.300 e. The summed E-state index contributed by atoms with van der Waals surface area (Å²) in [7, 11) is 0. The van der Waals surface area contributed by atoms with Crippen molar-refractivity contribution in [1.82, 2.24) is 9.91 Å². The lowest BCUT2D eigenvalue weighted by atomic mass is 10.2. The zero-order valence-electron chi connectivity index (χ0n) is 8.55. The van der Waals surface area contributed by atoms with Crippen LogP contribution in [0.5, 0.6) is 0 Å². The third-order valence-corrected chi connectivity index (χ3v) is 3.54. The van der Waals surface area contributed by atoms with Crippen molar-refractivity contribution in [2.75, 3.05) is 13.2 Å². The highest BCUT2D eigenvalue weighted by Gasteiger charge is 2.21. The molecule has 3 nitrogen and oxygen atoms in total. The highest BCUT2D eigenvalue weighted by molar-refractivity contribution is 9.11. The van der Waals surface area contributed by atoms with Crippen molar-refractivity contribution in [3.63, 3.8) is 0 Å². The van der Waals surface area contributed by atoms with E-state index in [1.54, 1.807) is 5.01 Å².